The molecule has 2 aromatic carbocycles. The van der Waals surface area contributed by atoms with Gasteiger partial charge in [0.05, 0.1) is 5.56 Å². The van der Waals surface area contributed by atoms with Crippen molar-refractivity contribution < 1.29 is 24.5 Å². The Morgan fingerprint density at radius 2 is 1.75 bits per heavy atom. The Labute approximate surface area is 188 Å². The third-order valence-corrected chi connectivity index (χ3v) is 5.73. The lowest BCUT2D eigenvalue weighted by Crippen LogP contribution is -2.48. The molecule has 1 heterocycles. The van der Waals surface area contributed by atoms with E-state index in [1.54, 1.807) is 12.1 Å². The van der Waals surface area contributed by atoms with E-state index in [9.17, 15) is 9.59 Å². The molecule has 1 amide bonds. The number of nitrogens with one attached hydrogen (secondary N) is 1. The van der Waals surface area contributed by atoms with E-state index >= 15 is 0 Å². The zero-order valence-electron chi connectivity index (χ0n) is 18.8. The Kier molecular flexibility index (Phi) is 7.84. The lowest BCUT2D eigenvalue weighted by Gasteiger charge is -2.38. The van der Waals surface area contributed by atoms with Crippen molar-refractivity contribution in [2.24, 2.45) is 0 Å². The monoisotopic (exact) mass is 441 g/mol. The van der Waals surface area contributed by atoms with Crippen molar-refractivity contribution in [3.8, 4) is 0 Å². The van der Waals surface area contributed by atoms with E-state index in [4.69, 9.17) is 9.99 Å². The molecule has 0 aliphatic carbocycles. The van der Waals surface area contributed by atoms with E-state index in [2.05, 4.69) is 40.9 Å². The van der Waals surface area contributed by atoms with Gasteiger partial charge in [0.2, 0.25) is 0 Å². The van der Waals surface area contributed by atoms with Gasteiger partial charge in [-0.2, -0.15) is 5.26 Å². The summed E-state index contributed by atoms with van der Waals surface area (Å²) in [6.07, 6.45) is -0.625. The summed E-state index contributed by atoms with van der Waals surface area (Å²) >= 11 is 0. The van der Waals surface area contributed by atoms with Crippen molar-refractivity contribution in [2.75, 3.05) is 45.1 Å². The highest BCUT2D eigenvalue weighted by Crippen LogP contribution is 2.32. The van der Waals surface area contributed by atoms with Crippen LogP contribution in [0.15, 0.2) is 48.5 Å². The average Bonchev–Trinajstić information content (AvgIpc) is 2.79. The first kappa shape index (κ1) is 23.7. The second-order valence-corrected chi connectivity index (χ2v) is 8.79. The molecule has 172 valence electrons. The standard InChI is InChI=1S/C24H31N3O5/c1-24(2,17-27-13-11-26(3)12-14-27)20-10-9-19(22(28)32-30)15-21(20)25-23(29)31-16-18-7-5-4-6-8-18/h4-10,15,30H,11-14,16-17H2,1-3H3,(H,25,29). The molecule has 3 rings (SSSR count). The van der Waals surface area contributed by atoms with E-state index in [0.29, 0.717) is 5.69 Å². The van der Waals surface area contributed by atoms with Crippen LogP contribution in [0.2, 0.25) is 0 Å². The van der Waals surface area contributed by atoms with Gasteiger partial charge in [0.25, 0.3) is 0 Å². The minimum atomic E-state index is -0.894. The number of ether oxygens (including phenoxy) is 1. The predicted molar refractivity (Wildman–Crippen MR) is 122 cm³/mol. The molecule has 1 saturated heterocycles. The van der Waals surface area contributed by atoms with Gasteiger partial charge >= 0.3 is 12.1 Å². The van der Waals surface area contributed by atoms with Crippen LogP contribution in [0.5, 0.6) is 0 Å². The highest BCUT2D eigenvalue weighted by atomic mass is 17.1. The molecule has 2 aromatic rings. The summed E-state index contributed by atoms with van der Waals surface area (Å²) in [7, 11) is 2.12. The number of amides is 1. The van der Waals surface area contributed by atoms with Crippen LogP contribution < -0.4 is 5.32 Å². The fourth-order valence-electron chi connectivity index (χ4n) is 3.94. The van der Waals surface area contributed by atoms with Crippen LogP contribution in [-0.4, -0.2) is 66.9 Å². The maximum absolute atomic E-state index is 12.5. The topological polar surface area (TPSA) is 91.3 Å². The lowest BCUT2D eigenvalue weighted by molar-refractivity contribution is -0.182. The lowest BCUT2D eigenvalue weighted by atomic mass is 9.82. The van der Waals surface area contributed by atoms with Crippen molar-refractivity contribution in [3.63, 3.8) is 0 Å². The second-order valence-electron chi connectivity index (χ2n) is 8.79. The van der Waals surface area contributed by atoms with Gasteiger partial charge in [-0.15, -0.1) is 0 Å². The molecule has 2 N–H and O–H groups in total. The Bertz CT molecular complexity index is 924. The molecule has 0 unspecified atom stereocenters. The smallest absolute Gasteiger partial charge is 0.411 e. The highest BCUT2D eigenvalue weighted by molar-refractivity contribution is 5.93. The van der Waals surface area contributed by atoms with Gasteiger partial charge in [-0.1, -0.05) is 50.2 Å². The number of hydrogen-bond acceptors (Lipinski definition) is 7. The van der Waals surface area contributed by atoms with Crippen LogP contribution in [0.1, 0.15) is 35.3 Å². The molecule has 0 atom stereocenters. The van der Waals surface area contributed by atoms with Crippen LogP contribution in [0.4, 0.5) is 10.5 Å². The van der Waals surface area contributed by atoms with Gasteiger partial charge in [0, 0.05) is 43.8 Å². The number of benzene rings is 2. The van der Waals surface area contributed by atoms with Gasteiger partial charge in [-0.05, 0) is 30.3 Å². The summed E-state index contributed by atoms with van der Waals surface area (Å²) in [4.78, 5) is 32.9. The Morgan fingerprint density at radius 1 is 1.06 bits per heavy atom. The van der Waals surface area contributed by atoms with E-state index in [-0.39, 0.29) is 17.6 Å². The molecular formula is C24H31N3O5. The van der Waals surface area contributed by atoms with Crippen LogP contribution in [0, 0.1) is 0 Å². The van der Waals surface area contributed by atoms with Crippen molar-refractivity contribution in [2.45, 2.75) is 25.9 Å². The first-order valence-corrected chi connectivity index (χ1v) is 10.7. The zero-order valence-corrected chi connectivity index (χ0v) is 18.8. The average molecular weight is 442 g/mol. The summed E-state index contributed by atoms with van der Waals surface area (Å²) in [5, 5.41) is 11.5. The number of carbonyl (C=O) groups is 2. The molecule has 1 aliphatic heterocycles. The van der Waals surface area contributed by atoms with Gasteiger partial charge in [0.15, 0.2) is 0 Å². The molecule has 0 spiro atoms. The maximum Gasteiger partial charge on any atom is 0.411 e. The van der Waals surface area contributed by atoms with Crippen molar-refractivity contribution in [1.29, 1.82) is 0 Å². The summed E-state index contributed by atoms with van der Waals surface area (Å²) in [5.74, 6) is -0.894. The molecule has 8 heteroatoms. The second kappa shape index (κ2) is 10.6. The molecule has 0 bridgehead atoms. The first-order valence-electron chi connectivity index (χ1n) is 10.7. The molecule has 32 heavy (non-hydrogen) atoms. The van der Waals surface area contributed by atoms with Gasteiger partial charge in [0.1, 0.15) is 6.61 Å². The van der Waals surface area contributed by atoms with Crippen LogP contribution >= 0.6 is 0 Å². The summed E-state index contributed by atoms with van der Waals surface area (Å²) in [5.41, 5.74) is 1.99. The maximum atomic E-state index is 12.5. The quantitative estimate of drug-likeness (QED) is 0.501. The largest absolute Gasteiger partial charge is 0.444 e. The summed E-state index contributed by atoms with van der Waals surface area (Å²) in [6.45, 7) is 9.08. The minimum Gasteiger partial charge on any atom is -0.444 e. The third-order valence-electron chi connectivity index (χ3n) is 5.73. The number of rotatable bonds is 7. The molecule has 8 nitrogen and oxygen atoms in total. The van der Waals surface area contributed by atoms with E-state index in [1.807, 2.05) is 30.3 Å². The zero-order chi connectivity index (χ0) is 23.1. The van der Waals surface area contributed by atoms with Gasteiger partial charge in [-0.25, -0.2) is 9.59 Å². The molecule has 1 fully saturated rings. The number of likely N-dealkylation sites (N-methyl/N-ethyl adjacent to an activating group) is 1. The molecule has 0 saturated carbocycles. The van der Waals surface area contributed by atoms with Crippen LogP contribution in [0.3, 0.4) is 0 Å². The van der Waals surface area contributed by atoms with E-state index in [1.165, 1.54) is 6.07 Å². The van der Waals surface area contributed by atoms with Gasteiger partial charge < -0.3 is 9.64 Å². The van der Waals surface area contributed by atoms with Crippen LogP contribution in [-0.2, 0) is 21.6 Å². The van der Waals surface area contributed by atoms with Gasteiger partial charge in [-0.3, -0.25) is 15.1 Å². The normalized spacial score (nSPS) is 15.2. The first-order chi connectivity index (χ1) is 15.3. The Balaban J connectivity index is 1.78. The SMILES string of the molecule is CN1CCN(CC(C)(C)c2ccc(C(=O)OO)cc2NC(=O)OCc2ccccc2)CC1. The van der Waals surface area contributed by atoms with E-state index < -0.39 is 12.1 Å². The molecule has 0 aromatic heterocycles. The molecular weight excluding hydrogens is 410 g/mol. The molecule has 0 radical (unpaired) electrons. The van der Waals surface area contributed by atoms with E-state index in [0.717, 1.165) is 43.9 Å². The third kappa shape index (κ3) is 6.29. The summed E-state index contributed by atoms with van der Waals surface area (Å²) in [6, 6.07) is 14.3. The van der Waals surface area contributed by atoms with Crippen molar-refractivity contribution in [1.82, 2.24) is 9.80 Å². The predicted octanol–water partition coefficient (Wildman–Crippen LogP) is 3.59. The van der Waals surface area contributed by atoms with Crippen molar-refractivity contribution in [3.05, 3.63) is 65.2 Å². The number of piperazine rings is 1. The minimum absolute atomic E-state index is 0.130. The Hall–Kier alpha value is -2.94. The number of carbonyl (C=O) groups excluding carboxylic acids is 2. The fourth-order valence-corrected chi connectivity index (χ4v) is 3.94. The van der Waals surface area contributed by atoms with Crippen LogP contribution in [0.25, 0.3) is 0 Å². The highest BCUT2D eigenvalue weighted by Gasteiger charge is 2.29. The number of anilines is 1. The molecule has 1 aliphatic rings. The van der Waals surface area contributed by atoms with Crippen molar-refractivity contribution >= 4 is 17.7 Å². The number of hydrogen-bond donors (Lipinski definition) is 2. The summed E-state index contributed by atoms with van der Waals surface area (Å²) < 4.78 is 5.36. The fraction of sp³-hybridized carbons (Fsp3) is 0.417. The number of nitrogens with zero attached hydrogens (tertiary/aromatic N) is 2. The Morgan fingerprint density at radius 3 is 2.41 bits per heavy atom.